The van der Waals surface area contributed by atoms with Crippen LogP contribution in [0, 0.1) is 0 Å². The second kappa shape index (κ2) is 55.9. The first-order chi connectivity index (χ1) is 32.5. The fourth-order valence-corrected chi connectivity index (χ4v) is 9.16. The summed E-state index contributed by atoms with van der Waals surface area (Å²) in [4.78, 5) is 24.5. The molecule has 2 atom stereocenters. The van der Waals surface area contributed by atoms with Crippen LogP contribution >= 0.6 is 0 Å². The lowest BCUT2D eigenvalue weighted by molar-refractivity contribution is -0.143. The highest BCUT2D eigenvalue weighted by Gasteiger charge is 2.18. The monoisotopic (exact) mass is 930 g/mol. The lowest BCUT2D eigenvalue weighted by atomic mass is 10.0. The second-order valence-electron chi connectivity index (χ2n) is 20.3. The quantitative estimate of drug-likeness (QED) is 0.0321. The van der Waals surface area contributed by atoms with Gasteiger partial charge in [-0.3, -0.25) is 9.59 Å². The van der Waals surface area contributed by atoms with Crippen LogP contribution in [0.3, 0.4) is 0 Å². The zero-order valence-electron chi connectivity index (χ0n) is 44.4. The molecule has 0 radical (unpaired) electrons. The molecule has 3 N–H and O–H groups in total. The fourth-order valence-electron chi connectivity index (χ4n) is 9.16. The number of esters is 1. The molecular formula is C60H115NO5. The fraction of sp³-hybridized carbons (Fsp3) is 0.900. The van der Waals surface area contributed by atoms with E-state index in [1.54, 1.807) is 6.08 Å². The minimum atomic E-state index is -0.846. The number of rotatable bonds is 55. The number of nitrogens with one attached hydrogen (secondary N) is 1. The Hall–Kier alpha value is -1.66. The normalized spacial score (nSPS) is 12.7. The maximum absolute atomic E-state index is 12.5. The number of carbonyl (C=O) groups is 2. The molecule has 0 spiro atoms. The number of unbranched alkanes of at least 4 members (excludes halogenated alkanes) is 42. The summed E-state index contributed by atoms with van der Waals surface area (Å²) in [6, 6.07) is -0.630. The van der Waals surface area contributed by atoms with Crippen molar-refractivity contribution < 1.29 is 24.5 Å². The Labute approximate surface area is 411 Å². The number of carbonyl (C=O) groups excluding carboxylic acids is 2. The van der Waals surface area contributed by atoms with E-state index in [4.69, 9.17) is 4.74 Å². The van der Waals surface area contributed by atoms with Crippen molar-refractivity contribution in [3.8, 4) is 0 Å². The molecule has 0 saturated carbocycles. The van der Waals surface area contributed by atoms with Gasteiger partial charge in [-0.1, -0.05) is 276 Å². The molecular weight excluding hydrogens is 815 g/mol. The molecule has 0 aromatic carbocycles. The number of allylic oxidation sites excluding steroid dienone is 3. The Balaban J connectivity index is 3.43. The van der Waals surface area contributed by atoms with Gasteiger partial charge in [-0.2, -0.15) is 0 Å². The van der Waals surface area contributed by atoms with E-state index < -0.39 is 12.1 Å². The van der Waals surface area contributed by atoms with Crippen molar-refractivity contribution in [2.24, 2.45) is 0 Å². The third kappa shape index (κ3) is 51.7. The topological polar surface area (TPSA) is 95.9 Å². The highest BCUT2D eigenvalue weighted by atomic mass is 16.5. The summed E-state index contributed by atoms with van der Waals surface area (Å²) in [7, 11) is 0. The molecule has 6 heteroatoms. The van der Waals surface area contributed by atoms with Gasteiger partial charge in [0.15, 0.2) is 0 Å². The van der Waals surface area contributed by atoms with Crippen LogP contribution in [0.1, 0.15) is 322 Å². The summed E-state index contributed by atoms with van der Waals surface area (Å²) in [5.74, 6) is -0.0698. The van der Waals surface area contributed by atoms with Gasteiger partial charge in [0.1, 0.15) is 0 Å². The van der Waals surface area contributed by atoms with Gasteiger partial charge in [-0.05, 0) is 57.8 Å². The zero-order chi connectivity index (χ0) is 47.9. The Morgan fingerprint density at radius 3 is 1.09 bits per heavy atom. The third-order valence-electron chi connectivity index (χ3n) is 13.7. The lowest BCUT2D eigenvalue weighted by Crippen LogP contribution is -2.45. The predicted molar refractivity (Wildman–Crippen MR) is 287 cm³/mol. The summed E-state index contributed by atoms with van der Waals surface area (Å²) >= 11 is 0. The SMILES string of the molecule is CCCCCC/C=C\CCCCCCCC(=O)OCCCCCCCCCCCCCCCCCCCCCC(=O)NC(CO)C(O)/C=C/CCCCCCCCCCCCCCCCC. The minimum absolute atomic E-state index is 0.000739. The zero-order valence-corrected chi connectivity index (χ0v) is 44.4. The highest BCUT2D eigenvalue weighted by Crippen LogP contribution is 2.17. The van der Waals surface area contributed by atoms with Crippen molar-refractivity contribution in [3.05, 3.63) is 24.3 Å². The van der Waals surface area contributed by atoms with Crippen LogP contribution in [0.25, 0.3) is 0 Å². The van der Waals surface area contributed by atoms with E-state index in [0.29, 0.717) is 19.4 Å². The van der Waals surface area contributed by atoms with Crippen molar-refractivity contribution in [2.45, 2.75) is 334 Å². The van der Waals surface area contributed by atoms with Crippen molar-refractivity contribution in [1.82, 2.24) is 5.32 Å². The number of ether oxygens (including phenoxy) is 1. The number of hydrogen-bond donors (Lipinski definition) is 3. The third-order valence-corrected chi connectivity index (χ3v) is 13.7. The summed E-state index contributed by atoms with van der Waals surface area (Å²) in [6.07, 6.45) is 67.7. The lowest BCUT2D eigenvalue weighted by Gasteiger charge is -2.20. The van der Waals surface area contributed by atoms with Crippen LogP contribution in [0.15, 0.2) is 24.3 Å². The Morgan fingerprint density at radius 1 is 0.409 bits per heavy atom. The first kappa shape index (κ1) is 64.3. The minimum Gasteiger partial charge on any atom is -0.466 e. The van der Waals surface area contributed by atoms with Gasteiger partial charge in [0.25, 0.3) is 0 Å². The van der Waals surface area contributed by atoms with Gasteiger partial charge in [0.2, 0.25) is 5.91 Å². The molecule has 0 fully saturated rings. The van der Waals surface area contributed by atoms with Crippen molar-refractivity contribution >= 4 is 11.9 Å². The van der Waals surface area contributed by atoms with Crippen LogP contribution in [0.4, 0.5) is 0 Å². The summed E-state index contributed by atoms with van der Waals surface area (Å²) < 4.78 is 5.47. The van der Waals surface area contributed by atoms with Crippen molar-refractivity contribution in [3.63, 3.8) is 0 Å². The molecule has 2 unspecified atom stereocenters. The molecule has 0 aliphatic rings. The largest absolute Gasteiger partial charge is 0.466 e. The van der Waals surface area contributed by atoms with E-state index in [9.17, 15) is 19.8 Å². The Bertz CT molecular complexity index is 1030. The van der Waals surface area contributed by atoms with E-state index in [-0.39, 0.29) is 18.5 Å². The standard InChI is InChI=1S/C60H115NO5/c1-3-5-7-9-11-13-15-17-18-22-25-29-32-36-40-44-48-52-58(63)57(56-62)61-59(64)53-49-45-41-37-33-30-26-23-20-19-21-24-27-31-35-39-43-47-51-55-66-60(65)54-50-46-42-38-34-28-16-14-12-10-8-6-4-2/h14,16,48,52,57-58,62-63H,3-13,15,17-47,49-51,53-56H2,1-2H3,(H,61,64)/b16-14-,52-48+. The van der Waals surface area contributed by atoms with Crippen LogP contribution in [-0.2, 0) is 14.3 Å². The van der Waals surface area contributed by atoms with Gasteiger partial charge in [0, 0.05) is 12.8 Å². The van der Waals surface area contributed by atoms with E-state index in [1.165, 1.54) is 250 Å². The average Bonchev–Trinajstić information content (AvgIpc) is 3.32. The molecule has 0 heterocycles. The van der Waals surface area contributed by atoms with Crippen LogP contribution in [-0.4, -0.2) is 47.4 Å². The average molecular weight is 931 g/mol. The molecule has 66 heavy (non-hydrogen) atoms. The molecule has 6 nitrogen and oxygen atoms in total. The molecule has 0 rings (SSSR count). The van der Waals surface area contributed by atoms with Gasteiger partial charge < -0.3 is 20.3 Å². The van der Waals surface area contributed by atoms with Gasteiger partial charge >= 0.3 is 5.97 Å². The van der Waals surface area contributed by atoms with E-state index in [2.05, 4.69) is 31.3 Å². The maximum Gasteiger partial charge on any atom is 0.305 e. The van der Waals surface area contributed by atoms with Crippen LogP contribution in [0.5, 0.6) is 0 Å². The number of hydrogen-bond acceptors (Lipinski definition) is 5. The molecule has 0 aliphatic heterocycles. The molecule has 0 aromatic rings. The highest BCUT2D eigenvalue weighted by molar-refractivity contribution is 5.76. The first-order valence-corrected chi connectivity index (χ1v) is 29.6. The van der Waals surface area contributed by atoms with E-state index >= 15 is 0 Å². The van der Waals surface area contributed by atoms with Crippen LogP contribution < -0.4 is 5.32 Å². The smallest absolute Gasteiger partial charge is 0.305 e. The van der Waals surface area contributed by atoms with Gasteiger partial charge in [0.05, 0.1) is 25.4 Å². The van der Waals surface area contributed by atoms with Crippen LogP contribution in [0.2, 0.25) is 0 Å². The maximum atomic E-state index is 12.5. The first-order valence-electron chi connectivity index (χ1n) is 29.6. The molecule has 0 bridgehead atoms. The second-order valence-corrected chi connectivity index (χ2v) is 20.3. The summed E-state index contributed by atoms with van der Waals surface area (Å²) in [5, 5.41) is 23.1. The van der Waals surface area contributed by atoms with Crippen molar-refractivity contribution in [2.75, 3.05) is 13.2 Å². The number of amides is 1. The molecule has 1 amide bonds. The van der Waals surface area contributed by atoms with E-state index in [1.807, 2.05) is 6.08 Å². The Kier molecular flexibility index (Phi) is 54.5. The molecule has 0 saturated heterocycles. The number of aliphatic hydroxyl groups excluding tert-OH is 2. The molecule has 0 aliphatic carbocycles. The van der Waals surface area contributed by atoms with Crippen molar-refractivity contribution in [1.29, 1.82) is 0 Å². The van der Waals surface area contributed by atoms with Gasteiger partial charge in [-0.15, -0.1) is 0 Å². The summed E-state index contributed by atoms with van der Waals surface area (Å²) in [5.41, 5.74) is 0. The molecule has 390 valence electrons. The predicted octanol–water partition coefficient (Wildman–Crippen LogP) is 18.2. The number of aliphatic hydroxyl groups is 2. The molecule has 0 aromatic heterocycles. The summed E-state index contributed by atoms with van der Waals surface area (Å²) in [6.45, 7) is 4.90. The van der Waals surface area contributed by atoms with Gasteiger partial charge in [-0.25, -0.2) is 0 Å². The van der Waals surface area contributed by atoms with E-state index in [0.717, 1.165) is 44.9 Å². The Morgan fingerprint density at radius 2 is 0.712 bits per heavy atom.